The van der Waals surface area contributed by atoms with Gasteiger partial charge in [0, 0.05) is 16.5 Å². The summed E-state index contributed by atoms with van der Waals surface area (Å²) in [6, 6.07) is 69.5. The Morgan fingerprint density at radius 1 is 0.232 bits per heavy atom. The molecule has 11 rings (SSSR count). The zero-order chi connectivity index (χ0) is 37.3. The van der Waals surface area contributed by atoms with Crippen LogP contribution in [0, 0.1) is 0 Å². The molecule has 11 aromatic rings. The highest BCUT2D eigenvalue weighted by molar-refractivity contribution is 6.45. The van der Waals surface area contributed by atoms with Gasteiger partial charge in [-0.05, 0) is 105 Å². The first-order valence-electron chi connectivity index (χ1n) is 19.0. The van der Waals surface area contributed by atoms with E-state index >= 15 is 0 Å². The summed E-state index contributed by atoms with van der Waals surface area (Å²) in [6.07, 6.45) is 0. The van der Waals surface area contributed by atoms with Gasteiger partial charge in [0.15, 0.2) is 0 Å². The van der Waals surface area contributed by atoms with Gasteiger partial charge in [0.05, 0.1) is 10.0 Å². The van der Waals surface area contributed by atoms with E-state index in [1.807, 2.05) is 0 Å². The molecule has 0 bridgehead atoms. The first kappa shape index (κ1) is 32.9. The average Bonchev–Trinajstić information content (AvgIpc) is 3.25. The summed E-state index contributed by atoms with van der Waals surface area (Å²) >= 11 is 15.0. The Morgan fingerprint density at radius 3 is 1.05 bits per heavy atom. The fourth-order valence-electron chi connectivity index (χ4n) is 9.19. The summed E-state index contributed by atoms with van der Waals surface area (Å²) in [5.41, 5.74) is 9.21. The van der Waals surface area contributed by atoms with E-state index in [0.717, 1.165) is 43.4 Å². The molecule has 0 saturated carbocycles. The smallest absolute Gasteiger partial charge is 0.0578 e. The third-order valence-electron chi connectivity index (χ3n) is 11.6. The molecular weight excluding hydrogens is 719 g/mol. The summed E-state index contributed by atoms with van der Waals surface area (Å²) in [5.74, 6) is 0. The van der Waals surface area contributed by atoms with Crippen molar-refractivity contribution in [2.24, 2.45) is 0 Å². The van der Waals surface area contributed by atoms with Crippen LogP contribution in [0.15, 0.2) is 194 Å². The molecule has 0 radical (unpaired) electrons. The van der Waals surface area contributed by atoms with E-state index in [2.05, 4.69) is 194 Å². The van der Waals surface area contributed by atoms with Crippen LogP contribution < -0.4 is 0 Å². The molecule has 0 aliphatic rings. The van der Waals surface area contributed by atoms with Crippen molar-refractivity contribution in [2.45, 2.75) is 0 Å². The molecule has 11 aromatic carbocycles. The van der Waals surface area contributed by atoms with Gasteiger partial charge in [0.1, 0.15) is 0 Å². The molecule has 0 N–H and O–H groups in total. The second-order valence-electron chi connectivity index (χ2n) is 14.6. The highest BCUT2D eigenvalue weighted by Gasteiger charge is 2.23. The van der Waals surface area contributed by atoms with Crippen LogP contribution in [0.1, 0.15) is 0 Å². The SMILES string of the molecule is Clc1cc2c(ccc3cc(-c4c5ccccc5c(-c5ccccc5)c5ccccc45)ccc32)c(Cl)c1-c1c2ccccc2c(-c2ccccc2)c2ccccc12. The summed E-state index contributed by atoms with van der Waals surface area (Å²) in [6.45, 7) is 0. The second-order valence-corrected chi connectivity index (χ2v) is 15.3. The van der Waals surface area contributed by atoms with Gasteiger partial charge in [0.2, 0.25) is 0 Å². The van der Waals surface area contributed by atoms with Crippen LogP contribution in [0.5, 0.6) is 0 Å². The zero-order valence-corrected chi connectivity index (χ0v) is 31.7. The predicted octanol–water partition coefficient (Wildman–Crippen LogP) is 16.6. The third kappa shape index (κ3) is 5.00. The minimum Gasteiger partial charge on any atom is -0.0836 e. The highest BCUT2D eigenvalue weighted by Crippen LogP contribution is 2.50. The van der Waals surface area contributed by atoms with Crippen LogP contribution in [-0.4, -0.2) is 0 Å². The lowest BCUT2D eigenvalue weighted by atomic mass is 9.84. The third-order valence-corrected chi connectivity index (χ3v) is 12.2. The lowest BCUT2D eigenvalue weighted by Crippen LogP contribution is -1.93. The Hall–Kier alpha value is -6.44. The van der Waals surface area contributed by atoms with Crippen molar-refractivity contribution in [3.63, 3.8) is 0 Å². The fourth-order valence-corrected chi connectivity index (χ4v) is 9.90. The Bertz CT molecular complexity index is 3250. The molecule has 0 saturated heterocycles. The molecule has 0 nitrogen and oxygen atoms in total. The van der Waals surface area contributed by atoms with Gasteiger partial charge in [-0.25, -0.2) is 0 Å². The summed E-state index contributed by atoms with van der Waals surface area (Å²) in [5, 5.41) is 15.1. The van der Waals surface area contributed by atoms with Crippen molar-refractivity contribution in [3.8, 4) is 44.5 Å². The van der Waals surface area contributed by atoms with Crippen LogP contribution in [0.2, 0.25) is 10.0 Å². The van der Waals surface area contributed by atoms with Crippen molar-refractivity contribution >= 4 is 87.8 Å². The molecule has 0 amide bonds. The van der Waals surface area contributed by atoms with E-state index in [4.69, 9.17) is 23.2 Å². The molecule has 0 unspecified atom stereocenters. The highest BCUT2D eigenvalue weighted by atomic mass is 35.5. The average molecular weight is 752 g/mol. The lowest BCUT2D eigenvalue weighted by Gasteiger charge is -2.20. The molecular formula is C54H32Cl2. The van der Waals surface area contributed by atoms with Gasteiger partial charge >= 0.3 is 0 Å². The fraction of sp³-hybridized carbons (Fsp3) is 0. The first-order valence-corrected chi connectivity index (χ1v) is 19.7. The first-order chi connectivity index (χ1) is 27.7. The van der Waals surface area contributed by atoms with Gasteiger partial charge in [-0.15, -0.1) is 0 Å². The van der Waals surface area contributed by atoms with E-state index in [0.29, 0.717) is 10.0 Å². The molecule has 0 aliphatic carbocycles. The maximum atomic E-state index is 7.58. The largest absolute Gasteiger partial charge is 0.0836 e. The lowest BCUT2D eigenvalue weighted by molar-refractivity contribution is 1.66. The maximum Gasteiger partial charge on any atom is 0.0578 e. The summed E-state index contributed by atoms with van der Waals surface area (Å²) in [4.78, 5) is 0. The van der Waals surface area contributed by atoms with Gasteiger partial charge in [0.25, 0.3) is 0 Å². The van der Waals surface area contributed by atoms with Crippen molar-refractivity contribution in [1.82, 2.24) is 0 Å². The molecule has 0 spiro atoms. The number of hydrogen-bond donors (Lipinski definition) is 0. The summed E-state index contributed by atoms with van der Waals surface area (Å²) in [7, 11) is 0. The number of hydrogen-bond acceptors (Lipinski definition) is 0. The quantitative estimate of drug-likeness (QED) is 0.124. The van der Waals surface area contributed by atoms with Crippen molar-refractivity contribution < 1.29 is 0 Å². The van der Waals surface area contributed by atoms with Crippen LogP contribution in [0.25, 0.3) is 109 Å². The molecule has 0 fully saturated rings. The summed E-state index contributed by atoms with van der Waals surface area (Å²) < 4.78 is 0. The van der Waals surface area contributed by atoms with E-state index in [1.165, 1.54) is 65.7 Å². The van der Waals surface area contributed by atoms with Crippen molar-refractivity contribution in [1.29, 1.82) is 0 Å². The van der Waals surface area contributed by atoms with E-state index < -0.39 is 0 Å². The molecule has 0 heterocycles. The van der Waals surface area contributed by atoms with Gasteiger partial charge < -0.3 is 0 Å². The van der Waals surface area contributed by atoms with Gasteiger partial charge in [-0.1, -0.05) is 205 Å². The number of benzene rings is 11. The van der Waals surface area contributed by atoms with E-state index in [-0.39, 0.29) is 0 Å². The van der Waals surface area contributed by atoms with Crippen LogP contribution in [0.3, 0.4) is 0 Å². The zero-order valence-electron chi connectivity index (χ0n) is 30.2. The van der Waals surface area contributed by atoms with Crippen molar-refractivity contribution in [3.05, 3.63) is 204 Å². The standard InChI is InChI=1S/C54H32Cl2/c55-48-32-47-37-29-28-36(51-40-21-9-7-19-38(40)49(33-15-3-1-4-16-33)39-20-8-10-22-41(39)51)31-35(37)27-30-46(47)54(56)53(48)52-44-25-13-11-23-42(44)50(34-17-5-2-6-18-34)43-24-12-14-26-45(43)52/h1-32H. The molecule has 0 aromatic heterocycles. The number of halogens is 2. The van der Waals surface area contributed by atoms with E-state index in [1.54, 1.807) is 0 Å². The topological polar surface area (TPSA) is 0 Å². The van der Waals surface area contributed by atoms with Gasteiger partial charge in [-0.3, -0.25) is 0 Å². The van der Waals surface area contributed by atoms with Crippen LogP contribution >= 0.6 is 23.2 Å². The normalized spacial score (nSPS) is 11.8. The minimum atomic E-state index is 0.635. The number of rotatable bonds is 4. The van der Waals surface area contributed by atoms with Crippen LogP contribution in [0.4, 0.5) is 0 Å². The molecule has 2 heteroatoms. The Labute approximate surface area is 334 Å². The number of fused-ring (bicyclic) bond motifs is 7. The Balaban J connectivity index is 1.13. The minimum absolute atomic E-state index is 0.635. The van der Waals surface area contributed by atoms with Crippen LogP contribution in [-0.2, 0) is 0 Å². The molecule has 56 heavy (non-hydrogen) atoms. The Kier molecular flexibility index (Phi) is 7.71. The van der Waals surface area contributed by atoms with E-state index in [9.17, 15) is 0 Å². The predicted molar refractivity (Wildman–Crippen MR) is 243 cm³/mol. The van der Waals surface area contributed by atoms with Gasteiger partial charge in [-0.2, -0.15) is 0 Å². The van der Waals surface area contributed by atoms with Crippen molar-refractivity contribution in [2.75, 3.05) is 0 Å². The Morgan fingerprint density at radius 2 is 0.607 bits per heavy atom. The molecule has 0 atom stereocenters. The molecule has 262 valence electrons. The molecule has 0 aliphatic heterocycles. The second kappa shape index (κ2) is 13.1. The monoisotopic (exact) mass is 750 g/mol. The maximum absolute atomic E-state index is 7.58.